The Morgan fingerprint density at radius 2 is 1.67 bits per heavy atom. The summed E-state index contributed by atoms with van der Waals surface area (Å²) in [6.07, 6.45) is 4.62. The van der Waals surface area contributed by atoms with Crippen LogP contribution in [0, 0.1) is 0 Å². The number of nitrogen functional groups attached to an aromatic ring is 1. The molecule has 0 amide bonds. The van der Waals surface area contributed by atoms with Crippen LogP contribution in [0.25, 0.3) is 11.2 Å². The van der Waals surface area contributed by atoms with E-state index in [1.807, 2.05) is 4.57 Å². The Hall–Kier alpha value is -1.38. The SMILES string of the molecule is CC(C)[Si](O)(O[Si](OC[C@@H]1CC[C@H](n2cnc3c(N)ncnc32)O1)(C(C)C)C(C)C)C(C)C. The Labute approximate surface area is 199 Å². The van der Waals surface area contributed by atoms with Crippen LogP contribution in [0.1, 0.15) is 74.5 Å². The van der Waals surface area contributed by atoms with Gasteiger partial charge in [-0.05, 0) is 35.0 Å². The molecule has 186 valence electrons. The minimum Gasteiger partial charge on any atom is -0.414 e. The maximum Gasteiger partial charge on any atom is 0.334 e. The summed E-state index contributed by atoms with van der Waals surface area (Å²) in [4.78, 5) is 24.3. The molecule has 0 spiro atoms. The lowest BCUT2D eigenvalue weighted by Gasteiger charge is -2.46. The van der Waals surface area contributed by atoms with Crippen molar-refractivity contribution in [3.05, 3.63) is 12.7 Å². The molecule has 0 aliphatic carbocycles. The number of hydrogen-bond donors (Lipinski definition) is 2. The zero-order chi connectivity index (χ0) is 24.6. The van der Waals surface area contributed by atoms with Crippen LogP contribution in [0.15, 0.2) is 12.7 Å². The molecule has 1 aliphatic rings. The zero-order valence-electron chi connectivity index (χ0n) is 21.3. The minimum absolute atomic E-state index is 0.0625. The van der Waals surface area contributed by atoms with Gasteiger partial charge in [0.25, 0.3) is 0 Å². The van der Waals surface area contributed by atoms with Gasteiger partial charge in [0.2, 0.25) is 0 Å². The van der Waals surface area contributed by atoms with Crippen LogP contribution in [-0.2, 0) is 13.3 Å². The van der Waals surface area contributed by atoms with E-state index in [2.05, 4.69) is 70.3 Å². The van der Waals surface area contributed by atoms with Crippen LogP contribution in [0.5, 0.6) is 0 Å². The second kappa shape index (κ2) is 10.1. The summed E-state index contributed by atoms with van der Waals surface area (Å²) in [5.74, 6) is 0.366. The van der Waals surface area contributed by atoms with Gasteiger partial charge in [0.15, 0.2) is 11.5 Å². The average molecular weight is 496 g/mol. The van der Waals surface area contributed by atoms with E-state index in [4.69, 9.17) is 19.0 Å². The van der Waals surface area contributed by atoms with E-state index >= 15 is 0 Å². The molecule has 2 aromatic heterocycles. The lowest BCUT2D eigenvalue weighted by molar-refractivity contribution is -0.0225. The van der Waals surface area contributed by atoms with Crippen molar-refractivity contribution < 1.29 is 18.1 Å². The minimum atomic E-state index is -2.98. The lowest BCUT2D eigenvalue weighted by Crippen LogP contribution is -2.60. The number of hydrogen-bond acceptors (Lipinski definition) is 8. The monoisotopic (exact) mass is 495 g/mol. The molecule has 2 atom stereocenters. The molecule has 2 aromatic rings. The van der Waals surface area contributed by atoms with Gasteiger partial charge in [0.1, 0.15) is 18.1 Å². The summed E-state index contributed by atoms with van der Waals surface area (Å²) in [5.41, 5.74) is 7.76. The van der Waals surface area contributed by atoms with Gasteiger partial charge in [0.05, 0.1) is 19.0 Å². The van der Waals surface area contributed by atoms with Crippen molar-refractivity contribution in [2.45, 2.75) is 103 Å². The molecule has 33 heavy (non-hydrogen) atoms. The van der Waals surface area contributed by atoms with E-state index in [1.165, 1.54) is 6.33 Å². The summed E-state index contributed by atoms with van der Waals surface area (Å²) in [7, 11) is -5.72. The Kier molecular flexibility index (Phi) is 8.02. The number of imidazole rings is 1. The molecule has 3 N–H and O–H groups in total. The predicted octanol–water partition coefficient (Wildman–Crippen LogP) is 4.64. The van der Waals surface area contributed by atoms with Crippen LogP contribution < -0.4 is 5.73 Å². The average Bonchev–Trinajstić information content (AvgIpc) is 3.37. The number of nitrogens with two attached hydrogens (primary N) is 1. The molecule has 1 aliphatic heterocycles. The topological polar surface area (TPSA) is 118 Å². The molecule has 0 radical (unpaired) electrons. The van der Waals surface area contributed by atoms with Crippen LogP contribution in [0.4, 0.5) is 5.82 Å². The molecule has 1 saturated heterocycles. The number of anilines is 1. The molecule has 0 saturated carbocycles. The maximum atomic E-state index is 11.6. The maximum absolute atomic E-state index is 11.6. The van der Waals surface area contributed by atoms with Crippen molar-refractivity contribution in [1.82, 2.24) is 19.5 Å². The largest absolute Gasteiger partial charge is 0.414 e. The van der Waals surface area contributed by atoms with Crippen molar-refractivity contribution >= 4 is 34.1 Å². The van der Waals surface area contributed by atoms with E-state index in [1.54, 1.807) is 6.33 Å². The van der Waals surface area contributed by atoms with Crippen LogP contribution in [0.2, 0.25) is 22.2 Å². The second-order valence-corrected chi connectivity index (χ2v) is 19.0. The van der Waals surface area contributed by atoms with Crippen molar-refractivity contribution in [2.24, 2.45) is 0 Å². The van der Waals surface area contributed by atoms with Crippen LogP contribution >= 0.6 is 0 Å². The van der Waals surface area contributed by atoms with Gasteiger partial charge in [0, 0.05) is 0 Å². The normalized spacial score (nSPS) is 20.3. The first-order valence-corrected chi connectivity index (χ1v) is 16.0. The molecule has 9 nitrogen and oxygen atoms in total. The fourth-order valence-electron chi connectivity index (χ4n) is 4.74. The first kappa shape index (κ1) is 26.2. The fourth-order valence-corrected chi connectivity index (χ4v) is 14.6. The zero-order valence-corrected chi connectivity index (χ0v) is 23.3. The van der Waals surface area contributed by atoms with Gasteiger partial charge >= 0.3 is 17.1 Å². The van der Waals surface area contributed by atoms with E-state index in [0.29, 0.717) is 23.6 Å². The number of fused-ring (bicyclic) bond motifs is 1. The van der Waals surface area contributed by atoms with Crippen molar-refractivity contribution in [1.29, 1.82) is 0 Å². The summed E-state index contributed by atoms with van der Waals surface area (Å²) < 4.78 is 21.8. The molecular formula is C22H41N5O4Si2. The van der Waals surface area contributed by atoms with Crippen LogP contribution in [0.3, 0.4) is 0 Å². The van der Waals surface area contributed by atoms with Crippen molar-refractivity contribution in [3.63, 3.8) is 0 Å². The molecular weight excluding hydrogens is 454 g/mol. The lowest BCUT2D eigenvalue weighted by atomic mass is 10.2. The Morgan fingerprint density at radius 3 is 2.24 bits per heavy atom. The summed E-state index contributed by atoms with van der Waals surface area (Å²) in [6.45, 7) is 17.3. The molecule has 3 heterocycles. The molecule has 0 bridgehead atoms. The first-order chi connectivity index (χ1) is 15.4. The number of rotatable bonds is 10. The van der Waals surface area contributed by atoms with E-state index < -0.39 is 17.1 Å². The molecule has 0 unspecified atom stereocenters. The molecule has 11 heteroatoms. The van der Waals surface area contributed by atoms with Crippen molar-refractivity contribution in [2.75, 3.05) is 12.3 Å². The number of nitrogens with zero attached hydrogens (tertiary/aromatic N) is 4. The first-order valence-electron chi connectivity index (χ1n) is 12.1. The second-order valence-electron chi connectivity index (χ2n) is 10.4. The smallest absolute Gasteiger partial charge is 0.334 e. The summed E-state index contributed by atoms with van der Waals surface area (Å²) >= 11 is 0. The van der Waals surface area contributed by atoms with Gasteiger partial charge in [-0.2, -0.15) is 0 Å². The van der Waals surface area contributed by atoms with E-state index in [0.717, 1.165) is 12.8 Å². The molecule has 3 rings (SSSR count). The van der Waals surface area contributed by atoms with Gasteiger partial charge in [-0.15, -0.1) is 0 Å². The molecule has 0 aromatic carbocycles. The van der Waals surface area contributed by atoms with Crippen molar-refractivity contribution in [3.8, 4) is 0 Å². The van der Waals surface area contributed by atoms with Gasteiger partial charge in [-0.25, -0.2) is 15.0 Å². The highest BCUT2D eigenvalue weighted by Crippen LogP contribution is 2.43. The fraction of sp³-hybridized carbons (Fsp3) is 0.773. The van der Waals surface area contributed by atoms with Gasteiger partial charge in [-0.3, -0.25) is 4.57 Å². The Morgan fingerprint density at radius 1 is 1.03 bits per heavy atom. The highest BCUT2D eigenvalue weighted by atomic mass is 28.5. The van der Waals surface area contributed by atoms with Gasteiger partial charge in [-0.1, -0.05) is 55.4 Å². The summed E-state index contributed by atoms with van der Waals surface area (Å²) in [6, 6.07) is 0. The number of ether oxygens (including phenoxy) is 1. The third kappa shape index (κ3) is 5.03. The number of aromatic nitrogens is 4. The third-order valence-electron chi connectivity index (χ3n) is 6.86. The van der Waals surface area contributed by atoms with Crippen LogP contribution in [-0.4, -0.2) is 54.1 Å². The highest BCUT2D eigenvalue weighted by Gasteiger charge is 2.54. The standard InChI is InChI=1S/C22H41N5O4Si2/c1-14(2)32(28,15(3)4)31-33(16(5)6,17(7)8)29-11-18-9-10-19(30-18)27-13-26-20-21(23)24-12-25-22(20)27/h12-19,28H,9-11H2,1-8H3,(H2,23,24,25)/t18-,19+/m0/s1. The predicted molar refractivity (Wildman–Crippen MR) is 134 cm³/mol. The third-order valence-corrected chi connectivity index (χ3v) is 16.6. The molecule has 1 fully saturated rings. The Balaban J connectivity index is 1.75. The quantitative estimate of drug-likeness (QED) is 0.458. The highest BCUT2D eigenvalue weighted by molar-refractivity contribution is 6.83. The van der Waals surface area contributed by atoms with E-state index in [9.17, 15) is 4.80 Å². The summed E-state index contributed by atoms with van der Waals surface area (Å²) in [5, 5.41) is 0. The van der Waals surface area contributed by atoms with Gasteiger partial charge < -0.3 is 23.8 Å². The van der Waals surface area contributed by atoms with E-state index in [-0.39, 0.29) is 34.5 Å². The Bertz CT molecular complexity index is 921.